The Morgan fingerprint density at radius 1 is 0.865 bits per heavy atom. The SMILES string of the molecule is CSCCC(NC(=O)C(CCC(=O)O)NC(=O)C(Cc1ccccc1)NC(=O)C(N)CC(C)C)C(=O)O. The standard InChI is InChI=1S/C25H38N4O7S/c1-15(2)13-17(26)22(32)29-20(14-16-7-5-4-6-8-16)24(34)27-18(9-10-21(30)31)23(33)28-19(25(35)36)11-12-37-3/h4-8,15,17-20H,9-14,26H2,1-3H3,(H,27,34)(H,28,33)(H,29,32)(H,30,31)(H,35,36). The van der Waals surface area contributed by atoms with Gasteiger partial charge in [0.2, 0.25) is 17.7 Å². The summed E-state index contributed by atoms with van der Waals surface area (Å²) in [5, 5.41) is 26.1. The van der Waals surface area contributed by atoms with Gasteiger partial charge in [0.1, 0.15) is 18.1 Å². The van der Waals surface area contributed by atoms with Gasteiger partial charge in [0, 0.05) is 12.8 Å². The molecule has 0 saturated carbocycles. The summed E-state index contributed by atoms with van der Waals surface area (Å²) in [7, 11) is 0. The fraction of sp³-hybridized carbons (Fsp3) is 0.560. The zero-order chi connectivity index (χ0) is 28.0. The second kappa shape index (κ2) is 16.6. The van der Waals surface area contributed by atoms with Gasteiger partial charge in [0.25, 0.3) is 0 Å². The Labute approximate surface area is 221 Å². The minimum Gasteiger partial charge on any atom is -0.481 e. The number of hydrogen-bond acceptors (Lipinski definition) is 7. The molecule has 4 unspecified atom stereocenters. The smallest absolute Gasteiger partial charge is 0.326 e. The predicted octanol–water partition coefficient (Wildman–Crippen LogP) is 0.759. The lowest BCUT2D eigenvalue weighted by Gasteiger charge is -2.25. The highest BCUT2D eigenvalue weighted by Crippen LogP contribution is 2.09. The molecule has 0 spiro atoms. The summed E-state index contributed by atoms with van der Waals surface area (Å²) in [6, 6.07) is 4.46. The summed E-state index contributed by atoms with van der Waals surface area (Å²) in [6.07, 6.45) is 1.76. The molecule has 1 aromatic carbocycles. The largest absolute Gasteiger partial charge is 0.481 e. The number of carbonyl (C=O) groups is 5. The highest BCUT2D eigenvalue weighted by molar-refractivity contribution is 7.98. The predicted molar refractivity (Wildman–Crippen MR) is 141 cm³/mol. The van der Waals surface area contributed by atoms with E-state index in [1.165, 1.54) is 11.8 Å². The first kappa shape index (κ1) is 31.9. The van der Waals surface area contributed by atoms with Gasteiger partial charge in [-0.25, -0.2) is 4.79 Å². The third-order valence-electron chi connectivity index (χ3n) is 5.48. The van der Waals surface area contributed by atoms with E-state index in [1.807, 2.05) is 13.8 Å². The maximum Gasteiger partial charge on any atom is 0.326 e. The molecule has 1 rings (SSSR count). The monoisotopic (exact) mass is 538 g/mol. The number of carboxylic acid groups (broad SMARTS) is 2. The van der Waals surface area contributed by atoms with Gasteiger partial charge in [0.15, 0.2) is 0 Å². The molecule has 0 bridgehead atoms. The lowest BCUT2D eigenvalue weighted by atomic mass is 10.0. The first-order valence-electron chi connectivity index (χ1n) is 12.1. The van der Waals surface area contributed by atoms with Crippen molar-refractivity contribution in [1.29, 1.82) is 0 Å². The Bertz CT molecular complexity index is 914. The van der Waals surface area contributed by atoms with Crippen LogP contribution in [0.5, 0.6) is 0 Å². The molecule has 12 heteroatoms. The van der Waals surface area contributed by atoms with E-state index in [9.17, 15) is 29.1 Å². The van der Waals surface area contributed by atoms with Crippen molar-refractivity contribution < 1.29 is 34.2 Å². The molecule has 0 aromatic heterocycles. The van der Waals surface area contributed by atoms with Gasteiger partial charge in [-0.2, -0.15) is 11.8 Å². The number of hydrogen-bond donors (Lipinski definition) is 6. The molecule has 206 valence electrons. The molecular weight excluding hydrogens is 500 g/mol. The molecule has 0 aliphatic heterocycles. The van der Waals surface area contributed by atoms with Gasteiger partial charge >= 0.3 is 11.9 Å². The highest BCUT2D eigenvalue weighted by atomic mass is 32.2. The van der Waals surface area contributed by atoms with E-state index in [0.717, 1.165) is 5.56 Å². The molecule has 37 heavy (non-hydrogen) atoms. The lowest BCUT2D eigenvalue weighted by Crippen LogP contribution is -2.57. The van der Waals surface area contributed by atoms with Crippen molar-refractivity contribution in [2.75, 3.05) is 12.0 Å². The van der Waals surface area contributed by atoms with Crippen LogP contribution in [0.4, 0.5) is 0 Å². The van der Waals surface area contributed by atoms with Crippen molar-refractivity contribution in [2.45, 2.75) is 70.1 Å². The Kier molecular flexibility index (Phi) is 14.3. The second-order valence-corrected chi connectivity index (χ2v) is 10.1. The molecule has 0 saturated heterocycles. The molecule has 0 radical (unpaired) electrons. The summed E-state index contributed by atoms with van der Waals surface area (Å²) in [5.41, 5.74) is 6.73. The molecule has 0 fully saturated rings. The number of carboxylic acids is 2. The van der Waals surface area contributed by atoms with Crippen LogP contribution in [0.1, 0.15) is 45.1 Å². The summed E-state index contributed by atoms with van der Waals surface area (Å²) in [4.78, 5) is 61.6. The van der Waals surface area contributed by atoms with Crippen molar-refractivity contribution in [2.24, 2.45) is 11.7 Å². The van der Waals surface area contributed by atoms with Crippen LogP contribution in [0, 0.1) is 5.92 Å². The van der Waals surface area contributed by atoms with E-state index >= 15 is 0 Å². The Hall–Kier alpha value is -3.12. The number of nitrogens with two attached hydrogens (primary N) is 1. The van der Waals surface area contributed by atoms with Crippen LogP contribution < -0.4 is 21.7 Å². The van der Waals surface area contributed by atoms with Crippen LogP contribution in [-0.2, 0) is 30.4 Å². The Balaban J connectivity index is 3.11. The van der Waals surface area contributed by atoms with Crippen molar-refractivity contribution >= 4 is 41.4 Å². The minimum absolute atomic E-state index is 0.103. The molecule has 0 heterocycles. The summed E-state index contributed by atoms with van der Waals surface area (Å²) in [6.45, 7) is 3.83. The maximum atomic E-state index is 13.3. The number of aliphatic carboxylic acids is 2. The number of benzene rings is 1. The highest BCUT2D eigenvalue weighted by Gasteiger charge is 2.30. The van der Waals surface area contributed by atoms with Crippen LogP contribution >= 0.6 is 11.8 Å². The van der Waals surface area contributed by atoms with E-state index in [1.54, 1.807) is 36.6 Å². The van der Waals surface area contributed by atoms with Crippen LogP contribution in [0.3, 0.4) is 0 Å². The Morgan fingerprint density at radius 2 is 1.43 bits per heavy atom. The number of carbonyl (C=O) groups excluding carboxylic acids is 3. The van der Waals surface area contributed by atoms with Gasteiger partial charge in [-0.3, -0.25) is 19.2 Å². The molecule has 0 aliphatic carbocycles. The van der Waals surface area contributed by atoms with Gasteiger partial charge in [-0.15, -0.1) is 0 Å². The number of thioether (sulfide) groups is 1. The zero-order valence-electron chi connectivity index (χ0n) is 21.4. The van der Waals surface area contributed by atoms with E-state index in [-0.39, 0.29) is 25.2 Å². The quantitative estimate of drug-likeness (QED) is 0.166. The third kappa shape index (κ3) is 12.6. The average Bonchev–Trinajstić information content (AvgIpc) is 2.83. The molecule has 11 nitrogen and oxygen atoms in total. The minimum atomic E-state index is -1.32. The first-order chi connectivity index (χ1) is 17.4. The number of amides is 3. The van der Waals surface area contributed by atoms with E-state index in [4.69, 9.17) is 10.8 Å². The van der Waals surface area contributed by atoms with Crippen LogP contribution in [0.2, 0.25) is 0 Å². The van der Waals surface area contributed by atoms with Gasteiger partial charge in [-0.05, 0) is 42.8 Å². The zero-order valence-corrected chi connectivity index (χ0v) is 22.3. The van der Waals surface area contributed by atoms with Crippen molar-refractivity contribution in [3.63, 3.8) is 0 Å². The van der Waals surface area contributed by atoms with Gasteiger partial charge in [-0.1, -0.05) is 44.2 Å². The van der Waals surface area contributed by atoms with E-state index in [2.05, 4.69) is 16.0 Å². The lowest BCUT2D eigenvalue weighted by molar-refractivity contribution is -0.143. The fourth-order valence-corrected chi connectivity index (χ4v) is 4.00. The summed E-state index contributed by atoms with van der Waals surface area (Å²) < 4.78 is 0. The molecule has 1 aromatic rings. The topological polar surface area (TPSA) is 188 Å². The van der Waals surface area contributed by atoms with Crippen LogP contribution in [0.25, 0.3) is 0 Å². The molecule has 0 aliphatic rings. The normalized spacial score (nSPS) is 14.2. The summed E-state index contributed by atoms with van der Waals surface area (Å²) in [5.74, 6) is -3.85. The fourth-order valence-electron chi connectivity index (χ4n) is 3.53. The molecular formula is C25H38N4O7S. The summed E-state index contributed by atoms with van der Waals surface area (Å²) >= 11 is 1.41. The number of nitrogens with one attached hydrogen (secondary N) is 3. The van der Waals surface area contributed by atoms with Gasteiger partial charge < -0.3 is 31.9 Å². The van der Waals surface area contributed by atoms with Crippen LogP contribution in [0.15, 0.2) is 30.3 Å². The van der Waals surface area contributed by atoms with Crippen molar-refractivity contribution in [3.05, 3.63) is 35.9 Å². The Morgan fingerprint density at radius 3 is 1.97 bits per heavy atom. The van der Waals surface area contributed by atoms with Crippen molar-refractivity contribution in [3.8, 4) is 0 Å². The van der Waals surface area contributed by atoms with Crippen molar-refractivity contribution in [1.82, 2.24) is 16.0 Å². The maximum absolute atomic E-state index is 13.3. The van der Waals surface area contributed by atoms with Crippen LogP contribution in [-0.4, -0.2) is 76.0 Å². The van der Waals surface area contributed by atoms with E-state index in [0.29, 0.717) is 12.2 Å². The molecule has 3 amide bonds. The molecule has 4 atom stereocenters. The molecule has 7 N–H and O–H groups in total. The second-order valence-electron chi connectivity index (χ2n) is 9.16. The van der Waals surface area contributed by atoms with Gasteiger partial charge in [0.05, 0.1) is 6.04 Å². The third-order valence-corrected chi connectivity index (χ3v) is 6.13. The van der Waals surface area contributed by atoms with E-state index < -0.39 is 60.2 Å². The first-order valence-corrected chi connectivity index (χ1v) is 13.5. The average molecular weight is 539 g/mol. The number of rotatable bonds is 17.